The van der Waals surface area contributed by atoms with Crippen LogP contribution in [-0.4, -0.2) is 10.9 Å². The van der Waals surface area contributed by atoms with Crippen LogP contribution in [0.25, 0.3) is 0 Å². The average Bonchev–Trinajstić information content (AvgIpc) is 2.35. The first-order valence-electron chi connectivity index (χ1n) is 6.46. The molecule has 0 aliphatic heterocycles. The number of aromatic hydroxyl groups is 1. The molecule has 96 valence electrons. The molecular weight excluding hydrogens is 212 g/mol. The monoisotopic (exact) mass is 236 g/mol. The molecule has 0 atom stereocenters. The maximum atomic E-state index is 11.0. The number of hydrogen-bond acceptors (Lipinski definition) is 2. The topological polar surface area (TPSA) is 37.3 Å². The van der Waals surface area contributed by atoms with Crippen LogP contribution in [0.5, 0.6) is 5.75 Å². The fourth-order valence-electron chi connectivity index (χ4n) is 1.30. The molecule has 0 radical (unpaired) electrons. The normalized spacial score (nSPS) is 9.29. The van der Waals surface area contributed by atoms with Crippen LogP contribution in [0.15, 0.2) is 30.3 Å². The lowest BCUT2D eigenvalue weighted by atomic mass is 10.1. The fourth-order valence-corrected chi connectivity index (χ4v) is 1.30. The predicted molar refractivity (Wildman–Crippen MR) is 72.2 cm³/mol. The SMILES string of the molecule is CCCCC(=O)CCCC.Oc1ccccc1. The standard InChI is InChI=1S/C9H18O.C6H6O/c1-3-5-7-9(10)8-6-4-2;7-6-4-2-1-3-5-6/h3-8H2,1-2H3;1-5,7H. The number of phenols is 1. The molecule has 1 aromatic rings. The zero-order valence-electron chi connectivity index (χ0n) is 11.0. The third-order valence-electron chi connectivity index (χ3n) is 2.37. The summed E-state index contributed by atoms with van der Waals surface area (Å²) in [5.74, 6) is 0.770. The van der Waals surface area contributed by atoms with Crippen molar-refractivity contribution in [3.05, 3.63) is 30.3 Å². The first-order chi connectivity index (χ1) is 8.20. The van der Waals surface area contributed by atoms with Gasteiger partial charge in [0.2, 0.25) is 0 Å². The van der Waals surface area contributed by atoms with Crippen LogP contribution >= 0.6 is 0 Å². The first kappa shape index (κ1) is 15.7. The maximum absolute atomic E-state index is 11.0. The zero-order chi connectivity index (χ0) is 12.9. The Bertz CT molecular complexity index is 270. The maximum Gasteiger partial charge on any atom is 0.132 e. The molecule has 0 saturated heterocycles. The molecular formula is C15H24O2. The van der Waals surface area contributed by atoms with Crippen molar-refractivity contribution in [3.63, 3.8) is 0 Å². The van der Waals surface area contributed by atoms with Gasteiger partial charge in [-0.3, -0.25) is 4.79 Å². The van der Waals surface area contributed by atoms with E-state index >= 15 is 0 Å². The minimum atomic E-state index is 0.322. The number of rotatable bonds is 6. The molecule has 2 nitrogen and oxygen atoms in total. The van der Waals surface area contributed by atoms with Crippen LogP contribution in [0.1, 0.15) is 52.4 Å². The van der Waals surface area contributed by atoms with E-state index in [1.54, 1.807) is 24.3 Å². The van der Waals surface area contributed by atoms with E-state index in [0.717, 1.165) is 38.5 Å². The van der Waals surface area contributed by atoms with E-state index in [0.29, 0.717) is 11.5 Å². The summed E-state index contributed by atoms with van der Waals surface area (Å²) < 4.78 is 0. The van der Waals surface area contributed by atoms with E-state index in [-0.39, 0.29) is 0 Å². The number of carbonyl (C=O) groups excluding carboxylic acids is 1. The molecule has 1 rings (SSSR count). The predicted octanol–water partition coefficient (Wildman–Crippen LogP) is 4.33. The van der Waals surface area contributed by atoms with Crippen molar-refractivity contribution < 1.29 is 9.90 Å². The average molecular weight is 236 g/mol. The second-order valence-corrected chi connectivity index (χ2v) is 4.08. The molecule has 0 spiro atoms. The highest BCUT2D eigenvalue weighted by molar-refractivity contribution is 5.78. The van der Waals surface area contributed by atoms with Crippen molar-refractivity contribution in [2.75, 3.05) is 0 Å². The highest BCUT2D eigenvalue weighted by Crippen LogP contribution is 2.03. The van der Waals surface area contributed by atoms with Crippen LogP contribution in [0.2, 0.25) is 0 Å². The van der Waals surface area contributed by atoms with Gasteiger partial charge in [-0.2, -0.15) is 0 Å². The lowest BCUT2D eigenvalue weighted by Gasteiger charge is -1.96. The lowest BCUT2D eigenvalue weighted by Crippen LogP contribution is -1.96. The van der Waals surface area contributed by atoms with E-state index < -0.39 is 0 Å². The molecule has 0 fully saturated rings. The molecule has 0 aliphatic carbocycles. The second kappa shape index (κ2) is 11.2. The molecule has 0 unspecified atom stereocenters. The zero-order valence-corrected chi connectivity index (χ0v) is 11.0. The summed E-state index contributed by atoms with van der Waals surface area (Å²) in [4.78, 5) is 11.0. The van der Waals surface area contributed by atoms with E-state index in [1.807, 2.05) is 6.07 Å². The van der Waals surface area contributed by atoms with E-state index in [1.165, 1.54) is 0 Å². The second-order valence-electron chi connectivity index (χ2n) is 4.08. The Morgan fingerprint density at radius 1 is 1.00 bits per heavy atom. The molecule has 0 saturated carbocycles. The van der Waals surface area contributed by atoms with Crippen molar-refractivity contribution in [2.45, 2.75) is 52.4 Å². The summed E-state index contributed by atoms with van der Waals surface area (Å²) in [5, 5.41) is 8.63. The third-order valence-corrected chi connectivity index (χ3v) is 2.37. The highest BCUT2D eigenvalue weighted by atomic mass is 16.3. The van der Waals surface area contributed by atoms with Crippen molar-refractivity contribution in [1.29, 1.82) is 0 Å². The summed E-state index contributed by atoms with van der Waals surface area (Å²) in [7, 11) is 0. The Kier molecular flexibility index (Phi) is 10.3. The minimum absolute atomic E-state index is 0.322. The van der Waals surface area contributed by atoms with Crippen LogP contribution < -0.4 is 0 Å². The highest BCUT2D eigenvalue weighted by Gasteiger charge is 1.98. The molecule has 1 N–H and O–H groups in total. The van der Waals surface area contributed by atoms with Gasteiger partial charge in [0.25, 0.3) is 0 Å². The number of phenolic OH excluding ortho intramolecular Hbond substituents is 1. The van der Waals surface area contributed by atoms with Crippen molar-refractivity contribution in [1.82, 2.24) is 0 Å². The fraction of sp³-hybridized carbons (Fsp3) is 0.533. The van der Waals surface area contributed by atoms with Crippen LogP contribution in [0.3, 0.4) is 0 Å². The molecule has 2 heteroatoms. The quantitative estimate of drug-likeness (QED) is 0.798. The Labute approximate surface area is 105 Å². The number of carbonyl (C=O) groups is 1. The van der Waals surface area contributed by atoms with Crippen LogP contribution in [-0.2, 0) is 4.79 Å². The smallest absolute Gasteiger partial charge is 0.132 e. The van der Waals surface area contributed by atoms with Crippen LogP contribution in [0.4, 0.5) is 0 Å². The molecule has 0 heterocycles. The van der Waals surface area contributed by atoms with E-state index in [2.05, 4.69) is 13.8 Å². The van der Waals surface area contributed by atoms with Gasteiger partial charge in [0.05, 0.1) is 0 Å². The van der Waals surface area contributed by atoms with E-state index in [9.17, 15) is 4.79 Å². The Morgan fingerprint density at radius 3 is 1.76 bits per heavy atom. The molecule has 0 bridgehead atoms. The Hall–Kier alpha value is -1.31. The largest absolute Gasteiger partial charge is 0.508 e. The third kappa shape index (κ3) is 11.0. The number of para-hydroxylation sites is 1. The van der Waals surface area contributed by atoms with Gasteiger partial charge in [0, 0.05) is 12.8 Å². The van der Waals surface area contributed by atoms with Crippen molar-refractivity contribution in [3.8, 4) is 5.75 Å². The van der Waals surface area contributed by atoms with Gasteiger partial charge < -0.3 is 5.11 Å². The summed E-state index contributed by atoms with van der Waals surface area (Å²) >= 11 is 0. The summed E-state index contributed by atoms with van der Waals surface area (Å²) in [6.45, 7) is 4.24. The Balaban J connectivity index is 0.000000318. The van der Waals surface area contributed by atoms with Gasteiger partial charge in [0.15, 0.2) is 0 Å². The van der Waals surface area contributed by atoms with Crippen LogP contribution in [0, 0.1) is 0 Å². The lowest BCUT2D eigenvalue weighted by molar-refractivity contribution is -0.119. The van der Waals surface area contributed by atoms with Gasteiger partial charge in [-0.1, -0.05) is 44.9 Å². The Morgan fingerprint density at radius 2 is 1.47 bits per heavy atom. The van der Waals surface area contributed by atoms with Gasteiger partial charge in [-0.15, -0.1) is 0 Å². The van der Waals surface area contributed by atoms with Gasteiger partial charge in [0.1, 0.15) is 11.5 Å². The molecule has 0 aromatic heterocycles. The van der Waals surface area contributed by atoms with E-state index in [4.69, 9.17) is 5.11 Å². The summed E-state index contributed by atoms with van der Waals surface area (Å²) in [6.07, 6.45) is 6.02. The molecule has 0 amide bonds. The van der Waals surface area contributed by atoms with Gasteiger partial charge in [-0.25, -0.2) is 0 Å². The van der Waals surface area contributed by atoms with Gasteiger partial charge in [-0.05, 0) is 25.0 Å². The molecule has 1 aromatic carbocycles. The van der Waals surface area contributed by atoms with Crippen molar-refractivity contribution in [2.24, 2.45) is 0 Å². The number of benzene rings is 1. The number of Topliss-reactive ketones (excluding diaryl/α,β-unsaturated/α-hetero) is 1. The number of ketones is 1. The summed E-state index contributed by atoms with van der Waals surface area (Å²) in [6, 6.07) is 8.71. The molecule has 0 aliphatic rings. The number of hydrogen-bond donors (Lipinski definition) is 1. The summed E-state index contributed by atoms with van der Waals surface area (Å²) in [5.41, 5.74) is 0. The van der Waals surface area contributed by atoms with Gasteiger partial charge >= 0.3 is 0 Å². The molecule has 17 heavy (non-hydrogen) atoms. The first-order valence-corrected chi connectivity index (χ1v) is 6.46. The number of unbranched alkanes of at least 4 members (excludes halogenated alkanes) is 2. The van der Waals surface area contributed by atoms with Crippen molar-refractivity contribution >= 4 is 5.78 Å². The minimum Gasteiger partial charge on any atom is -0.508 e.